The largest absolute Gasteiger partial charge is 0.425 e. The smallest absolute Gasteiger partial charge is 0.340 e. The van der Waals surface area contributed by atoms with Crippen LogP contribution in [-0.4, -0.2) is 20.4 Å². The summed E-state index contributed by atoms with van der Waals surface area (Å²) in [5.41, 5.74) is 3.66. The minimum Gasteiger partial charge on any atom is -0.425 e. The van der Waals surface area contributed by atoms with E-state index in [4.69, 9.17) is 9.15 Å². The molecule has 1 N–H and O–H groups in total. The zero-order chi connectivity index (χ0) is 28.3. The van der Waals surface area contributed by atoms with Crippen LogP contribution in [0.15, 0.2) is 80.8 Å². The Morgan fingerprint density at radius 1 is 0.923 bits per heavy atom. The van der Waals surface area contributed by atoms with E-state index in [-0.39, 0.29) is 23.0 Å². The van der Waals surface area contributed by atoms with Gasteiger partial charge in [-0.2, -0.15) is 4.72 Å². The van der Waals surface area contributed by atoms with E-state index in [1.807, 2.05) is 58.0 Å². The molecule has 0 amide bonds. The molecule has 0 aliphatic rings. The third-order valence-electron chi connectivity index (χ3n) is 6.71. The van der Waals surface area contributed by atoms with Gasteiger partial charge in [0.15, 0.2) is 0 Å². The molecule has 204 valence electrons. The zero-order valence-corrected chi connectivity index (χ0v) is 23.6. The van der Waals surface area contributed by atoms with Crippen molar-refractivity contribution in [3.8, 4) is 5.75 Å². The lowest BCUT2D eigenvalue weighted by Crippen LogP contribution is -2.43. The van der Waals surface area contributed by atoms with Crippen molar-refractivity contribution < 1.29 is 22.4 Å². The Morgan fingerprint density at radius 3 is 2.23 bits per heavy atom. The van der Waals surface area contributed by atoms with Crippen molar-refractivity contribution in [2.45, 2.75) is 58.4 Å². The fourth-order valence-corrected chi connectivity index (χ4v) is 5.70. The number of hydrogen-bond acceptors (Lipinski definition) is 6. The van der Waals surface area contributed by atoms with E-state index in [0.29, 0.717) is 23.1 Å². The SMILES string of the molecule is Cc1ccc(S(=O)(=O)NC(CC(C)C)C(=O)Oc2ccc3c(C)c(Cc4ccccc4)c(=O)oc3c2C)cc1. The van der Waals surface area contributed by atoms with Gasteiger partial charge in [0.1, 0.15) is 17.4 Å². The number of nitrogens with one attached hydrogen (secondary N) is 1. The minimum absolute atomic E-state index is 0.0182. The van der Waals surface area contributed by atoms with Gasteiger partial charge in [-0.15, -0.1) is 0 Å². The van der Waals surface area contributed by atoms with E-state index in [1.54, 1.807) is 31.2 Å². The maximum atomic E-state index is 13.2. The molecular weight excluding hydrogens is 514 g/mol. The number of benzene rings is 3. The second-order valence-corrected chi connectivity index (χ2v) is 12.0. The van der Waals surface area contributed by atoms with Crippen molar-refractivity contribution in [3.05, 3.63) is 105 Å². The van der Waals surface area contributed by atoms with Crippen LogP contribution in [0.1, 0.15) is 48.1 Å². The van der Waals surface area contributed by atoms with Crippen LogP contribution in [0.5, 0.6) is 5.75 Å². The van der Waals surface area contributed by atoms with Crippen molar-refractivity contribution in [1.82, 2.24) is 4.72 Å². The Morgan fingerprint density at radius 2 is 1.59 bits per heavy atom. The molecule has 0 aliphatic carbocycles. The predicted octanol–water partition coefficient (Wildman–Crippen LogP) is 5.61. The van der Waals surface area contributed by atoms with Gasteiger partial charge in [0.05, 0.1) is 4.90 Å². The number of fused-ring (bicyclic) bond motifs is 1. The van der Waals surface area contributed by atoms with E-state index in [1.165, 1.54) is 12.1 Å². The molecule has 4 aromatic rings. The summed E-state index contributed by atoms with van der Waals surface area (Å²) in [6.45, 7) is 9.24. The maximum absolute atomic E-state index is 13.2. The topological polar surface area (TPSA) is 103 Å². The fraction of sp³-hybridized carbons (Fsp3) is 0.290. The third-order valence-corrected chi connectivity index (χ3v) is 8.20. The van der Waals surface area contributed by atoms with Crippen LogP contribution in [0, 0.1) is 26.7 Å². The van der Waals surface area contributed by atoms with Crippen LogP contribution in [0.2, 0.25) is 0 Å². The lowest BCUT2D eigenvalue weighted by Gasteiger charge is -2.20. The first-order valence-electron chi connectivity index (χ1n) is 12.9. The minimum atomic E-state index is -3.96. The van der Waals surface area contributed by atoms with Crippen LogP contribution in [-0.2, 0) is 21.2 Å². The molecule has 3 aromatic carbocycles. The second kappa shape index (κ2) is 11.6. The summed E-state index contributed by atoms with van der Waals surface area (Å²) in [6, 6.07) is 18.4. The summed E-state index contributed by atoms with van der Waals surface area (Å²) < 4.78 is 39.9. The van der Waals surface area contributed by atoms with Crippen LogP contribution in [0.4, 0.5) is 0 Å². The molecule has 1 unspecified atom stereocenters. The van der Waals surface area contributed by atoms with Gasteiger partial charge in [0, 0.05) is 22.9 Å². The number of ether oxygens (including phenoxy) is 1. The van der Waals surface area contributed by atoms with Gasteiger partial charge < -0.3 is 9.15 Å². The first-order valence-corrected chi connectivity index (χ1v) is 14.3. The summed E-state index contributed by atoms with van der Waals surface area (Å²) in [5.74, 6) is -0.513. The van der Waals surface area contributed by atoms with E-state index >= 15 is 0 Å². The number of esters is 1. The average Bonchev–Trinajstić information content (AvgIpc) is 2.88. The van der Waals surface area contributed by atoms with Gasteiger partial charge in [0.2, 0.25) is 10.0 Å². The highest BCUT2D eigenvalue weighted by Gasteiger charge is 2.29. The third kappa shape index (κ3) is 6.46. The monoisotopic (exact) mass is 547 g/mol. The summed E-state index contributed by atoms with van der Waals surface area (Å²) in [4.78, 5) is 26.3. The number of rotatable bonds is 9. The Hall–Kier alpha value is -3.75. The average molecular weight is 548 g/mol. The maximum Gasteiger partial charge on any atom is 0.340 e. The van der Waals surface area contributed by atoms with Gasteiger partial charge >= 0.3 is 11.6 Å². The molecule has 4 rings (SSSR count). The zero-order valence-electron chi connectivity index (χ0n) is 22.8. The molecule has 39 heavy (non-hydrogen) atoms. The van der Waals surface area contributed by atoms with Crippen LogP contribution in [0.3, 0.4) is 0 Å². The molecular formula is C31H33NO6S. The normalized spacial score (nSPS) is 12.6. The number of sulfonamides is 1. The number of aryl methyl sites for hydroxylation is 3. The lowest BCUT2D eigenvalue weighted by molar-refractivity contribution is -0.136. The molecule has 7 nitrogen and oxygen atoms in total. The molecule has 0 saturated carbocycles. The molecule has 8 heteroatoms. The molecule has 0 radical (unpaired) electrons. The van der Waals surface area contributed by atoms with Gasteiger partial charge in [-0.1, -0.05) is 61.9 Å². The van der Waals surface area contributed by atoms with Crippen LogP contribution < -0.4 is 15.1 Å². The number of carbonyl (C=O) groups excluding carboxylic acids is 1. The van der Waals surface area contributed by atoms with E-state index in [9.17, 15) is 18.0 Å². The Kier molecular flexibility index (Phi) is 8.37. The van der Waals surface area contributed by atoms with Crippen molar-refractivity contribution >= 4 is 27.0 Å². The fourth-order valence-electron chi connectivity index (χ4n) is 4.50. The van der Waals surface area contributed by atoms with Crippen LogP contribution >= 0.6 is 0 Å². The Balaban J connectivity index is 1.62. The molecule has 0 spiro atoms. The molecule has 0 bridgehead atoms. The number of hydrogen-bond donors (Lipinski definition) is 1. The van der Waals surface area contributed by atoms with Crippen molar-refractivity contribution in [3.63, 3.8) is 0 Å². The summed E-state index contributed by atoms with van der Waals surface area (Å²) in [6.07, 6.45) is 0.687. The van der Waals surface area contributed by atoms with Crippen molar-refractivity contribution in [1.29, 1.82) is 0 Å². The molecule has 0 aliphatic heterocycles. The molecule has 1 heterocycles. The second-order valence-electron chi connectivity index (χ2n) is 10.3. The van der Waals surface area contributed by atoms with Gasteiger partial charge in [-0.05, 0) is 68.5 Å². The quantitative estimate of drug-likeness (QED) is 0.166. The Labute approximate surface area is 228 Å². The molecule has 0 fully saturated rings. The van der Waals surface area contributed by atoms with Crippen molar-refractivity contribution in [2.24, 2.45) is 5.92 Å². The van der Waals surface area contributed by atoms with E-state index in [2.05, 4.69) is 4.72 Å². The number of carbonyl (C=O) groups is 1. The summed E-state index contributed by atoms with van der Waals surface area (Å²) in [7, 11) is -3.96. The van der Waals surface area contributed by atoms with E-state index in [0.717, 1.165) is 22.1 Å². The predicted molar refractivity (Wildman–Crippen MR) is 152 cm³/mol. The highest BCUT2D eigenvalue weighted by Crippen LogP contribution is 2.30. The molecule has 0 saturated heterocycles. The van der Waals surface area contributed by atoms with Crippen molar-refractivity contribution in [2.75, 3.05) is 0 Å². The lowest BCUT2D eigenvalue weighted by atomic mass is 9.98. The van der Waals surface area contributed by atoms with Gasteiger partial charge in [0.25, 0.3) is 0 Å². The summed E-state index contributed by atoms with van der Waals surface area (Å²) in [5, 5.41) is 0.747. The van der Waals surface area contributed by atoms with Crippen LogP contribution in [0.25, 0.3) is 11.0 Å². The summed E-state index contributed by atoms with van der Waals surface area (Å²) >= 11 is 0. The Bertz CT molecular complexity index is 1660. The standard InChI is InChI=1S/C31H33NO6S/c1-19(2)17-27(32-39(35,36)24-13-11-20(3)12-14-24)31(34)37-28-16-15-25-21(4)26(18-23-9-7-6-8-10-23)30(33)38-29(25)22(28)5/h6-16,19,27,32H,17-18H2,1-5H3. The first-order chi connectivity index (χ1) is 18.5. The van der Waals surface area contributed by atoms with Gasteiger partial charge in [-0.3, -0.25) is 0 Å². The molecule has 1 atom stereocenters. The highest BCUT2D eigenvalue weighted by molar-refractivity contribution is 7.89. The first kappa shape index (κ1) is 28.3. The molecule has 1 aromatic heterocycles. The highest BCUT2D eigenvalue weighted by atomic mass is 32.2. The van der Waals surface area contributed by atoms with E-state index < -0.39 is 27.7 Å². The van der Waals surface area contributed by atoms with Gasteiger partial charge in [-0.25, -0.2) is 18.0 Å².